The maximum Gasteiger partial charge on any atom is 0.0693 e. The summed E-state index contributed by atoms with van der Waals surface area (Å²) >= 11 is 0. The second kappa shape index (κ2) is 5.31. The molecule has 88 valence electrons. The van der Waals surface area contributed by atoms with Crippen molar-refractivity contribution in [3.8, 4) is 0 Å². The Morgan fingerprint density at radius 1 is 1.13 bits per heavy atom. The van der Waals surface area contributed by atoms with Gasteiger partial charge in [-0.3, -0.25) is 0 Å². The van der Waals surface area contributed by atoms with Crippen molar-refractivity contribution >= 4 is 0 Å². The van der Waals surface area contributed by atoms with E-state index in [1.54, 1.807) is 0 Å². The van der Waals surface area contributed by atoms with Crippen molar-refractivity contribution in [3.63, 3.8) is 0 Å². The molecule has 2 heteroatoms. The number of nitrogens with zero attached hydrogens (tertiary/aromatic N) is 1. The van der Waals surface area contributed by atoms with Crippen molar-refractivity contribution in [3.05, 3.63) is 0 Å². The van der Waals surface area contributed by atoms with Gasteiger partial charge in [0.2, 0.25) is 0 Å². The standard InChI is InChI=1S/C13H25NO/c1-11-7-8-14(10-13(11)15)9-12-5-3-2-4-6-12/h11-13,15H,2-10H2,1H3. The molecule has 2 aliphatic rings. The van der Waals surface area contributed by atoms with Gasteiger partial charge in [0.05, 0.1) is 6.10 Å². The van der Waals surface area contributed by atoms with E-state index >= 15 is 0 Å². The first kappa shape index (κ1) is 11.4. The molecule has 1 saturated carbocycles. The Balaban J connectivity index is 1.74. The van der Waals surface area contributed by atoms with Gasteiger partial charge in [-0.1, -0.05) is 26.2 Å². The molecule has 15 heavy (non-hydrogen) atoms. The van der Waals surface area contributed by atoms with Gasteiger partial charge in [-0.05, 0) is 37.6 Å². The highest BCUT2D eigenvalue weighted by Gasteiger charge is 2.26. The molecule has 0 bridgehead atoms. The van der Waals surface area contributed by atoms with Crippen LogP contribution in [0.5, 0.6) is 0 Å². The van der Waals surface area contributed by atoms with Gasteiger partial charge in [-0.25, -0.2) is 0 Å². The molecule has 0 amide bonds. The number of piperidine rings is 1. The van der Waals surface area contributed by atoms with Gasteiger partial charge < -0.3 is 10.0 Å². The van der Waals surface area contributed by atoms with E-state index in [9.17, 15) is 5.11 Å². The lowest BCUT2D eigenvalue weighted by molar-refractivity contribution is 0.0204. The van der Waals surface area contributed by atoms with E-state index in [-0.39, 0.29) is 6.10 Å². The summed E-state index contributed by atoms with van der Waals surface area (Å²) in [5.74, 6) is 1.42. The fourth-order valence-electron chi connectivity index (χ4n) is 3.02. The summed E-state index contributed by atoms with van der Waals surface area (Å²) < 4.78 is 0. The highest BCUT2D eigenvalue weighted by molar-refractivity contribution is 4.79. The van der Waals surface area contributed by atoms with Crippen molar-refractivity contribution in [1.82, 2.24) is 4.90 Å². The van der Waals surface area contributed by atoms with Crippen LogP contribution in [0.25, 0.3) is 0 Å². The lowest BCUT2D eigenvalue weighted by atomic mass is 9.87. The third kappa shape index (κ3) is 3.18. The molecule has 2 fully saturated rings. The summed E-state index contributed by atoms with van der Waals surface area (Å²) in [6, 6.07) is 0. The van der Waals surface area contributed by atoms with Gasteiger partial charge in [-0.15, -0.1) is 0 Å². The Morgan fingerprint density at radius 2 is 1.87 bits per heavy atom. The Hall–Kier alpha value is -0.0800. The van der Waals surface area contributed by atoms with E-state index in [1.165, 1.54) is 51.6 Å². The molecule has 2 rings (SSSR count). The highest BCUT2D eigenvalue weighted by atomic mass is 16.3. The van der Waals surface area contributed by atoms with Crippen LogP contribution in [0.15, 0.2) is 0 Å². The fraction of sp³-hybridized carbons (Fsp3) is 1.00. The average Bonchev–Trinajstić information content (AvgIpc) is 2.25. The number of hydrogen-bond acceptors (Lipinski definition) is 2. The van der Waals surface area contributed by atoms with E-state index in [4.69, 9.17) is 0 Å². The summed E-state index contributed by atoms with van der Waals surface area (Å²) in [5.41, 5.74) is 0. The minimum atomic E-state index is -0.0812. The molecule has 2 unspecified atom stereocenters. The number of rotatable bonds is 2. The van der Waals surface area contributed by atoms with Crippen LogP contribution < -0.4 is 0 Å². The van der Waals surface area contributed by atoms with Crippen LogP contribution in [-0.2, 0) is 0 Å². The van der Waals surface area contributed by atoms with Gasteiger partial charge in [0.25, 0.3) is 0 Å². The molecule has 0 spiro atoms. The normalized spacial score (nSPS) is 35.6. The average molecular weight is 211 g/mol. The smallest absolute Gasteiger partial charge is 0.0693 e. The lowest BCUT2D eigenvalue weighted by Crippen LogP contribution is -2.44. The van der Waals surface area contributed by atoms with Gasteiger partial charge in [0, 0.05) is 13.1 Å². The molecule has 0 aromatic rings. The van der Waals surface area contributed by atoms with Crippen molar-refractivity contribution in [1.29, 1.82) is 0 Å². The van der Waals surface area contributed by atoms with E-state index in [2.05, 4.69) is 11.8 Å². The van der Waals surface area contributed by atoms with Crippen LogP contribution in [0.3, 0.4) is 0 Å². The maximum absolute atomic E-state index is 9.84. The molecule has 1 saturated heterocycles. The Morgan fingerprint density at radius 3 is 2.53 bits per heavy atom. The van der Waals surface area contributed by atoms with Gasteiger partial charge >= 0.3 is 0 Å². The van der Waals surface area contributed by atoms with Crippen molar-refractivity contribution < 1.29 is 5.11 Å². The maximum atomic E-state index is 9.84. The zero-order chi connectivity index (χ0) is 10.7. The zero-order valence-corrected chi connectivity index (χ0v) is 9.99. The first-order valence-electron chi connectivity index (χ1n) is 6.66. The van der Waals surface area contributed by atoms with E-state index in [0.717, 1.165) is 12.5 Å². The van der Waals surface area contributed by atoms with Crippen molar-refractivity contribution in [2.45, 2.75) is 51.6 Å². The van der Waals surface area contributed by atoms with Crippen molar-refractivity contribution in [2.24, 2.45) is 11.8 Å². The van der Waals surface area contributed by atoms with Crippen LogP contribution in [0, 0.1) is 11.8 Å². The first-order valence-corrected chi connectivity index (χ1v) is 6.66. The zero-order valence-electron chi connectivity index (χ0n) is 9.99. The van der Waals surface area contributed by atoms with E-state index in [0.29, 0.717) is 5.92 Å². The van der Waals surface area contributed by atoms with E-state index in [1.807, 2.05) is 0 Å². The van der Waals surface area contributed by atoms with Crippen LogP contribution in [0.4, 0.5) is 0 Å². The lowest BCUT2D eigenvalue weighted by Gasteiger charge is -2.37. The van der Waals surface area contributed by atoms with Gasteiger partial charge in [-0.2, -0.15) is 0 Å². The van der Waals surface area contributed by atoms with Crippen LogP contribution >= 0.6 is 0 Å². The molecule has 1 aliphatic heterocycles. The Labute approximate surface area is 93.7 Å². The van der Waals surface area contributed by atoms with Crippen LogP contribution in [0.2, 0.25) is 0 Å². The Kier molecular flexibility index (Phi) is 4.04. The molecule has 0 radical (unpaired) electrons. The summed E-state index contributed by atoms with van der Waals surface area (Å²) in [6.07, 6.45) is 8.23. The van der Waals surface area contributed by atoms with Crippen LogP contribution in [-0.4, -0.2) is 35.7 Å². The van der Waals surface area contributed by atoms with Gasteiger partial charge in [0.15, 0.2) is 0 Å². The summed E-state index contributed by atoms with van der Waals surface area (Å²) in [4.78, 5) is 2.49. The number of likely N-dealkylation sites (tertiary alicyclic amines) is 1. The molecule has 2 atom stereocenters. The highest BCUT2D eigenvalue weighted by Crippen LogP contribution is 2.26. The molecule has 0 aromatic carbocycles. The second-order valence-corrected chi connectivity index (χ2v) is 5.60. The van der Waals surface area contributed by atoms with Crippen molar-refractivity contribution in [2.75, 3.05) is 19.6 Å². The quantitative estimate of drug-likeness (QED) is 0.757. The van der Waals surface area contributed by atoms with Gasteiger partial charge in [0.1, 0.15) is 0 Å². The topological polar surface area (TPSA) is 23.5 Å². The molecule has 1 aliphatic carbocycles. The van der Waals surface area contributed by atoms with Crippen LogP contribution in [0.1, 0.15) is 45.4 Å². The minimum Gasteiger partial charge on any atom is -0.392 e. The predicted molar refractivity (Wildman–Crippen MR) is 62.8 cm³/mol. The molecule has 1 heterocycles. The number of β-amino-alcohol motifs (C(OH)–C–C–N with tert-alkyl or cyclic N) is 1. The number of hydrogen-bond donors (Lipinski definition) is 1. The first-order chi connectivity index (χ1) is 7.25. The molecule has 2 nitrogen and oxygen atoms in total. The fourth-order valence-corrected chi connectivity index (χ4v) is 3.02. The number of aliphatic hydroxyl groups excluding tert-OH is 1. The largest absolute Gasteiger partial charge is 0.392 e. The number of aliphatic hydroxyl groups is 1. The second-order valence-electron chi connectivity index (χ2n) is 5.60. The third-order valence-corrected chi connectivity index (χ3v) is 4.24. The summed E-state index contributed by atoms with van der Waals surface area (Å²) in [5, 5.41) is 9.84. The minimum absolute atomic E-state index is 0.0812. The monoisotopic (exact) mass is 211 g/mol. The molecular weight excluding hydrogens is 186 g/mol. The molecule has 1 N–H and O–H groups in total. The van der Waals surface area contributed by atoms with E-state index < -0.39 is 0 Å². The Bertz CT molecular complexity index is 189. The SMILES string of the molecule is CC1CCN(CC2CCCCC2)CC1O. The summed E-state index contributed by atoms with van der Waals surface area (Å²) in [6.45, 7) is 5.53. The molecule has 0 aromatic heterocycles. The third-order valence-electron chi connectivity index (χ3n) is 4.24. The summed E-state index contributed by atoms with van der Waals surface area (Å²) in [7, 11) is 0. The molecular formula is C13H25NO. The predicted octanol–water partition coefficient (Wildman–Crippen LogP) is 2.27.